The Morgan fingerprint density at radius 1 is 1.19 bits per heavy atom. The molecule has 1 aliphatic rings. The molecule has 1 atom stereocenters. The van der Waals surface area contributed by atoms with Crippen LogP contribution in [0.15, 0.2) is 48.7 Å². The molecule has 6 heteroatoms. The predicted molar refractivity (Wildman–Crippen MR) is 122 cm³/mol. The fraction of sp³-hybridized carbons (Fsp3) is 0.440. The standard InChI is InChI=1S/C25H31FN4O/c1-2-23-6-3-4-14-29(23)15-5-13-27-25(31)20-9-10-21-17-28-30(24(21)16-20)18-19-7-11-22(26)12-8-19/h7-12,16-17,23H,2-6,13-15,18H2,1H3,(H,27,31)/t23-/m1/s1. The van der Waals surface area contributed by atoms with Crippen molar-refractivity contribution < 1.29 is 9.18 Å². The average molecular weight is 423 g/mol. The number of hydrogen-bond donors (Lipinski definition) is 1. The topological polar surface area (TPSA) is 50.2 Å². The van der Waals surface area contributed by atoms with E-state index < -0.39 is 0 Å². The molecule has 1 aliphatic heterocycles. The lowest BCUT2D eigenvalue weighted by atomic mass is 10.00. The number of rotatable bonds is 8. The van der Waals surface area contributed by atoms with Gasteiger partial charge in [0.15, 0.2) is 0 Å². The van der Waals surface area contributed by atoms with Crippen LogP contribution < -0.4 is 5.32 Å². The van der Waals surface area contributed by atoms with Gasteiger partial charge in [0.2, 0.25) is 0 Å². The summed E-state index contributed by atoms with van der Waals surface area (Å²) < 4.78 is 15.0. The zero-order chi connectivity index (χ0) is 21.6. The number of likely N-dealkylation sites (tertiary alicyclic amines) is 1. The highest BCUT2D eigenvalue weighted by molar-refractivity contribution is 5.97. The predicted octanol–water partition coefficient (Wildman–Crippen LogP) is 4.61. The number of nitrogens with zero attached hydrogens (tertiary/aromatic N) is 3. The first-order valence-electron chi connectivity index (χ1n) is 11.4. The molecule has 0 spiro atoms. The van der Waals surface area contributed by atoms with Crippen molar-refractivity contribution >= 4 is 16.8 Å². The van der Waals surface area contributed by atoms with Crippen LogP contribution in [0, 0.1) is 5.82 Å². The number of benzene rings is 2. The molecule has 0 bridgehead atoms. The van der Waals surface area contributed by atoms with E-state index in [4.69, 9.17) is 0 Å². The molecule has 0 unspecified atom stereocenters. The largest absolute Gasteiger partial charge is 0.352 e. The van der Waals surface area contributed by atoms with Gasteiger partial charge in [-0.25, -0.2) is 4.39 Å². The van der Waals surface area contributed by atoms with Crippen molar-refractivity contribution in [2.24, 2.45) is 0 Å². The highest BCUT2D eigenvalue weighted by Crippen LogP contribution is 2.20. The van der Waals surface area contributed by atoms with Gasteiger partial charge >= 0.3 is 0 Å². The van der Waals surface area contributed by atoms with Crippen LogP contribution in [0.2, 0.25) is 0 Å². The van der Waals surface area contributed by atoms with Crippen molar-refractivity contribution in [1.82, 2.24) is 20.0 Å². The molecule has 1 N–H and O–H groups in total. The Hall–Kier alpha value is -2.73. The van der Waals surface area contributed by atoms with Crippen LogP contribution in [-0.2, 0) is 6.54 Å². The Morgan fingerprint density at radius 2 is 2.03 bits per heavy atom. The molecule has 0 saturated carbocycles. The molecule has 2 aromatic carbocycles. The summed E-state index contributed by atoms with van der Waals surface area (Å²) >= 11 is 0. The minimum atomic E-state index is -0.251. The van der Waals surface area contributed by atoms with Crippen molar-refractivity contribution in [3.8, 4) is 0 Å². The van der Waals surface area contributed by atoms with E-state index in [9.17, 15) is 9.18 Å². The first-order chi connectivity index (χ1) is 15.1. The van der Waals surface area contributed by atoms with Crippen molar-refractivity contribution in [3.05, 3.63) is 65.6 Å². The number of carbonyl (C=O) groups excluding carboxylic acids is 1. The van der Waals surface area contributed by atoms with E-state index in [1.165, 1.54) is 44.4 Å². The number of nitrogens with one attached hydrogen (secondary N) is 1. The lowest BCUT2D eigenvalue weighted by Gasteiger charge is -2.35. The number of carbonyl (C=O) groups is 1. The number of aromatic nitrogens is 2. The average Bonchev–Trinajstić information content (AvgIpc) is 3.20. The second kappa shape index (κ2) is 10.1. The van der Waals surface area contributed by atoms with Crippen molar-refractivity contribution in [2.45, 2.75) is 51.6 Å². The minimum absolute atomic E-state index is 0.0536. The van der Waals surface area contributed by atoms with Gasteiger partial charge in [0.25, 0.3) is 5.91 Å². The van der Waals surface area contributed by atoms with E-state index in [1.54, 1.807) is 18.3 Å². The lowest BCUT2D eigenvalue weighted by molar-refractivity contribution is 0.0947. The fourth-order valence-electron chi connectivity index (χ4n) is 4.50. The van der Waals surface area contributed by atoms with E-state index in [2.05, 4.69) is 22.2 Å². The van der Waals surface area contributed by atoms with Crippen molar-refractivity contribution in [2.75, 3.05) is 19.6 Å². The van der Waals surface area contributed by atoms with Crippen molar-refractivity contribution in [1.29, 1.82) is 0 Å². The van der Waals surface area contributed by atoms with Gasteiger partial charge < -0.3 is 10.2 Å². The van der Waals surface area contributed by atoms with E-state index in [0.29, 0.717) is 24.7 Å². The normalized spacial score (nSPS) is 17.2. The SMILES string of the molecule is CC[C@@H]1CCCCN1CCCNC(=O)c1ccc2cnn(Cc3ccc(F)cc3)c2c1. The van der Waals surface area contributed by atoms with Gasteiger partial charge in [0, 0.05) is 30.1 Å². The van der Waals surface area contributed by atoms with Gasteiger partial charge in [0.1, 0.15) is 5.82 Å². The van der Waals surface area contributed by atoms with Gasteiger partial charge in [-0.1, -0.05) is 31.5 Å². The second-order valence-electron chi connectivity index (χ2n) is 8.41. The van der Waals surface area contributed by atoms with Crippen molar-refractivity contribution in [3.63, 3.8) is 0 Å². The smallest absolute Gasteiger partial charge is 0.251 e. The molecule has 31 heavy (non-hydrogen) atoms. The third-order valence-electron chi connectivity index (χ3n) is 6.28. The van der Waals surface area contributed by atoms with Crippen LogP contribution in [0.25, 0.3) is 10.9 Å². The third-order valence-corrected chi connectivity index (χ3v) is 6.28. The summed E-state index contributed by atoms with van der Waals surface area (Å²) in [6.45, 7) is 5.70. The summed E-state index contributed by atoms with van der Waals surface area (Å²) in [5, 5.41) is 8.49. The maximum absolute atomic E-state index is 13.2. The molecule has 5 nitrogen and oxygen atoms in total. The van der Waals surface area contributed by atoms with Crippen LogP contribution in [0.1, 0.15) is 54.9 Å². The summed E-state index contributed by atoms with van der Waals surface area (Å²) in [5.74, 6) is -0.305. The quantitative estimate of drug-likeness (QED) is 0.540. The van der Waals surface area contributed by atoms with E-state index in [-0.39, 0.29) is 11.7 Å². The van der Waals surface area contributed by atoms with Gasteiger partial charge in [-0.15, -0.1) is 0 Å². The molecule has 2 heterocycles. The van der Waals surface area contributed by atoms with Crippen LogP contribution in [0.4, 0.5) is 4.39 Å². The fourth-order valence-corrected chi connectivity index (χ4v) is 4.50. The summed E-state index contributed by atoms with van der Waals surface area (Å²) in [5.41, 5.74) is 2.50. The molecule has 4 rings (SSSR count). The third kappa shape index (κ3) is 5.31. The molecule has 0 aliphatic carbocycles. The van der Waals surface area contributed by atoms with E-state index in [1.807, 2.05) is 22.9 Å². The number of hydrogen-bond acceptors (Lipinski definition) is 3. The number of amides is 1. The Kier molecular flexibility index (Phi) is 6.97. The maximum Gasteiger partial charge on any atom is 0.251 e. The highest BCUT2D eigenvalue weighted by atomic mass is 19.1. The summed E-state index contributed by atoms with van der Waals surface area (Å²) in [7, 11) is 0. The van der Waals surface area contributed by atoms with Gasteiger partial charge in [-0.3, -0.25) is 9.48 Å². The molecule has 164 valence electrons. The van der Waals surface area contributed by atoms with E-state index >= 15 is 0 Å². The molecule has 3 aromatic rings. The molecule has 1 fully saturated rings. The molecular weight excluding hydrogens is 391 g/mol. The molecular formula is C25H31FN4O. The monoisotopic (exact) mass is 422 g/mol. The zero-order valence-electron chi connectivity index (χ0n) is 18.2. The maximum atomic E-state index is 13.2. The molecule has 1 amide bonds. The van der Waals surface area contributed by atoms with Gasteiger partial charge in [-0.05, 0) is 62.1 Å². The summed E-state index contributed by atoms with van der Waals surface area (Å²) in [6.07, 6.45) is 7.89. The summed E-state index contributed by atoms with van der Waals surface area (Å²) in [6, 6.07) is 12.8. The van der Waals surface area contributed by atoms with E-state index in [0.717, 1.165) is 29.4 Å². The molecule has 1 saturated heterocycles. The number of piperidine rings is 1. The first-order valence-corrected chi connectivity index (χ1v) is 11.4. The lowest BCUT2D eigenvalue weighted by Crippen LogP contribution is -2.40. The van der Waals surface area contributed by atoms with Crippen LogP contribution in [-0.4, -0.2) is 46.3 Å². The highest BCUT2D eigenvalue weighted by Gasteiger charge is 2.20. The second-order valence-corrected chi connectivity index (χ2v) is 8.41. The Bertz CT molecular complexity index is 1010. The van der Waals surface area contributed by atoms with Crippen LogP contribution in [0.3, 0.4) is 0 Å². The summed E-state index contributed by atoms with van der Waals surface area (Å²) in [4.78, 5) is 15.3. The molecule has 1 aromatic heterocycles. The van der Waals surface area contributed by atoms with Gasteiger partial charge in [0.05, 0.1) is 18.3 Å². The number of fused-ring (bicyclic) bond motifs is 1. The Balaban J connectivity index is 1.35. The minimum Gasteiger partial charge on any atom is -0.352 e. The Morgan fingerprint density at radius 3 is 2.84 bits per heavy atom. The zero-order valence-corrected chi connectivity index (χ0v) is 18.2. The molecule has 0 radical (unpaired) electrons. The van der Waals surface area contributed by atoms with Gasteiger partial charge in [-0.2, -0.15) is 5.10 Å². The first kappa shape index (κ1) is 21.5. The van der Waals surface area contributed by atoms with Crippen LogP contribution >= 0.6 is 0 Å². The number of halogens is 1. The van der Waals surface area contributed by atoms with Crippen LogP contribution in [0.5, 0.6) is 0 Å². The Labute approximate surface area is 183 Å².